The van der Waals surface area contributed by atoms with Crippen LogP contribution in [0.2, 0.25) is 0 Å². The molecule has 1 aromatic heterocycles. The second-order valence-electron chi connectivity index (χ2n) is 6.31. The molecule has 0 spiro atoms. The summed E-state index contributed by atoms with van der Waals surface area (Å²) in [5.74, 6) is 1.48. The Bertz CT molecular complexity index is 381. The van der Waals surface area contributed by atoms with Gasteiger partial charge in [0.25, 0.3) is 0 Å². The van der Waals surface area contributed by atoms with E-state index in [9.17, 15) is 0 Å². The fraction of sp³-hybridized carbons (Fsp3) is 0.714. The van der Waals surface area contributed by atoms with E-state index >= 15 is 0 Å². The van der Waals surface area contributed by atoms with E-state index in [-0.39, 0.29) is 0 Å². The molecule has 1 atom stereocenters. The van der Waals surface area contributed by atoms with Crippen LogP contribution < -0.4 is 0 Å². The molecule has 94 valence electrons. The van der Waals surface area contributed by atoms with Crippen molar-refractivity contribution in [3.63, 3.8) is 0 Å². The summed E-state index contributed by atoms with van der Waals surface area (Å²) in [6.45, 7) is 12.4. The Labute approximate surface area is 104 Å². The fourth-order valence-corrected chi connectivity index (χ4v) is 2.59. The molecule has 0 aromatic carbocycles. The van der Waals surface area contributed by atoms with Gasteiger partial charge in [0.15, 0.2) is 0 Å². The average molecular weight is 233 g/mol. The standard InChI is InChI=1S/C14H23N3/c1-11-15-7-5-13(16-11)12-6-8-17(9-12)10-14(2,3)4/h5,7,12H,6,8-10H2,1-4H3. The first-order chi connectivity index (χ1) is 7.94. The summed E-state index contributed by atoms with van der Waals surface area (Å²) in [7, 11) is 0. The van der Waals surface area contributed by atoms with Gasteiger partial charge in [-0.25, -0.2) is 9.97 Å². The summed E-state index contributed by atoms with van der Waals surface area (Å²) >= 11 is 0. The number of hydrogen-bond acceptors (Lipinski definition) is 3. The van der Waals surface area contributed by atoms with Crippen LogP contribution in [-0.4, -0.2) is 34.5 Å². The zero-order valence-electron chi connectivity index (χ0n) is 11.4. The van der Waals surface area contributed by atoms with Crippen LogP contribution in [0.3, 0.4) is 0 Å². The van der Waals surface area contributed by atoms with Crippen LogP contribution in [-0.2, 0) is 0 Å². The maximum atomic E-state index is 4.55. The predicted octanol–water partition coefficient (Wildman–Crippen LogP) is 2.62. The van der Waals surface area contributed by atoms with Crippen molar-refractivity contribution in [3.05, 3.63) is 23.8 Å². The van der Waals surface area contributed by atoms with E-state index in [4.69, 9.17) is 0 Å². The molecule has 0 radical (unpaired) electrons. The average Bonchev–Trinajstić information content (AvgIpc) is 2.63. The molecule has 1 fully saturated rings. The normalized spacial score (nSPS) is 22.0. The number of hydrogen-bond donors (Lipinski definition) is 0. The monoisotopic (exact) mass is 233 g/mol. The van der Waals surface area contributed by atoms with E-state index in [0.29, 0.717) is 11.3 Å². The minimum absolute atomic E-state index is 0.385. The largest absolute Gasteiger partial charge is 0.302 e. The van der Waals surface area contributed by atoms with Gasteiger partial charge in [-0.2, -0.15) is 0 Å². The van der Waals surface area contributed by atoms with Crippen molar-refractivity contribution in [1.29, 1.82) is 0 Å². The van der Waals surface area contributed by atoms with Gasteiger partial charge >= 0.3 is 0 Å². The highest BCUT2D eigenvalue weighted by molar-refractivity contribution is 5.10. The molecule has 1 aliphatic rings. The van der Waals surface area contributed by atoms with Crippen LogP contribution in [0.4, 0.5) is 0 Å². The van der Waals surface area contributed by atoms with Crippen molar-refractivity contribution in [2.24, 2.45) is 5.41 Å². The highest BCUT2D eigenvalue weighted by atomic mass is 15.2. The Morgan fingerprint density at radius 3 is 2.82 bits per heavy atom. The maximum Gasteiger partial charge on any atom is 0.125 e. The van der Waals surface area contributed by atoms with E-state index in [1.807, 2.05) is 13.1 Å². The predicted molar refractivity (Wildman–Crippen MR) is 70.0 cm³/mol. The topological polar surface area (TPSA) is 29.0 Å². The Morgan fingerprint density at radius 2 is 2.18 bits per heavy atom. The van der Waals surface area contributed by atoms with Crippen molar-refractivity contribution >= 4 is 0 Å². The smallest absolute Gasteiger partial charge is 0.125 e. The summed E-state index contributed by atoms with van der Waals surface area (Å²) in [5.41, 5.74) is 1.60. The molecule has 2 heterocycles. The molecule has 1 aromatic rings. The minimum Gasteiger partial charge on any atom is -0.302 e. The summed E-state index contributed by atoms with van der Waals surface area (Å²) < 4.78 is 0. The Morgan fingerprint density at radius 1 is 1.41 bits per heavy atom. The van der Waals surface area contributed by atoms with Crippen molar-refractivity contribution in [2.75, 3.05) is 19.6 Å². The number of rotatable bonds is 2. The van der Waals surface area contributed by atoms with Gasteiger partial charge in [-0.05, 0) is 31.4 Å². The van der Waals surface area contributed by atoms with Crippen LogP contribution in [0.1, 0.15) is 44.6 Å². The van der Waals surface area contributed by atoms with Gasteiger partial charge in [-0.1, -0.05) is 20.8 Å². The second-order valence-corrected chi connectivity index (χ2v) is 6.31. The lowest BCUT2D eigenvalue weighted by atomic mass is 9.96. The first-order valence-corrected chi connectivity index (χ1v) is 6.46. The molecule has 1 unspecified atom stereocenters. The first kappa shape index (κ1) is 12.5. The number of aryl methyl sites for hydroxylation is 1. The molecule has 3 heteroatoms. The van der Waals surface area contributed by atoms with Gasteiger partial charge in [0.1, 0.15) is 5.82 Å². The molecule has 2 rings (SSSR count). The van der Waals surface area contributed by atoms with Crippen LogP contribution in [0, 0.1) is 12.3 Å². The third-order valence-electron chi connectivity index (χ3n) is 3.19. The second kappa shape index (κ2) is 4.73. The Balaban J connectivity index is 1.98. The van der Waals surface area contributed by atoms with Gasteiger partial charge in [-0.15, -0.1) is 0 Å². The fourth-order valence-electron chi connectivity index (χ4n) is 2.59. The summed E-state index contributed by atoms with van der Waals surface area (Å²) in [6, 6.07) is 2.07. The molecule has 0 bridgehead atoms. The van der Waals surface area contributed by atoms with Crippen molar-refractivity contribution < 1.29 is 0 Å². The number of nitrogens with zero attached hydrogens (tertiary/aromatic N) is 3. The zero-order valence-corrected chi connectivity index (χ0v) is 11.4. The quantitative estimate of drug-likeness (QED) is 0.786. The first-order valence-electron chi connectivity index (χ1n) is 6.46. The van der Waals surface area contributed by atoms with Crippen LogP contribution in [0.5, 0.6) is 0 Å². The molecule has 3 nitrogen and oxygen atoms in total. The third-order valence-corrected chi connectivity index (χ3v) is 3.19. The molecule has 1 aliphatic heterocycles. The highest BCUT2D eigenvalue weighted by Crippen LogP contribution is 2.28. The summed E-state index contributed by atoms with van der Waals surface area (Å²) in [4.78, 5) is 11.3. The molecule has 17 heavy (non-hydrogen) atoms. The Kier molecular flexibility index (Phi) is 3.48. The number of likely N-dealkylation sites (tertiary alicyclic amines) is 1. The molecular formula is C14H23N3. The third kappa shape index (κ3) is 3.50. The number of aromatic nitrogens is 2. The van der Waals surface area contributed by atoms with Crippen LogP contribution in [0.25, 0.3) is 0 Å². The van der Waals surface area contributed by atoms with Gasteiger partial charge in [-0.3, -0.25) is 0 Å². The van der Waals surface area contributed by atoms with Gasteiger partial charge in [0, 0.05) is 30.9 Å². The lowest BCUT2D eigenvalue weighted by Gasteiger charge is -2.26. The SMILES string of the molecule is Cc1nccc(C2CCN(CC(C)(C)C)C2)n1. The van der Waals surface area contributed by atoms with Crippen LogP contribution in [0.15, 0.2) is 12.3 Å². The van der Waals surface area contributed by atoms with E-state index in [2.05, 4.69) is 41.7 Å². The zero-order chi connectivity index (χ0) is 12.5. The lowest BCUT2D eigenvalue weighted by Crippen LogP contribution is -2.30. The minimum atomic E-state index is 0.385. The molecule has 1 saturated heterocycles. The molecule has 0 amide bonds. The molecule has 0 aliphatic carbocycles. The van der Waals surface area contributed by atoms with Crippen molar-refractivity contribution in [3.8, 4) is 0 Å². The maximum absolute atomic E-state index is 4.55. The molecular weight excluding hydrogens is 210 g/mol. The van der Waals surface area contributed by atoms with Crippen molar-refractivity contribution in [2.45, 2.75) is 40.0 Å². The lowest BCUT2D eigenvalue weighted by molar-refractivity contribution is 0.225. The van der Waals surface area contributed by atoms with Gasteiger partial charge in [0.05, 0.1) is 0 Å². The van der Waals surface area contributed by atoms with Crippen molar-refractivity contribution in [1.82, 2.24) is 14.9 Å². The van der Waals surface area contributed by atoms with Gasteiger partial charge in [0.2, 0.25) is 0 Å². The Hall–Kier alpha value is -0.960. The summed E-state index contributed by atoms with van der Waals surface area (Å²) in [6.07, 6.45) is 3.11. The highest BCUT2D eigenvalue weighted by Gasteiger charge is 2.27. The van der Waals surface area contributed by atoms with E-state index in [0.717, 1.165) is 12.4 Å². The van der Waals surface area contributed by atoms with Gasteiger partial charge < -0.3 is 4.90 Å². The molecule has 0 N–H and O–H groups in total. The van der Waals surface area contributed by atoms with Crippen LogP contribution >= 0.6 is 0 Å². The molecule has 0 saturated carbocycles. The van der Waals surface area contributed by atoms with E-state index in [1.54, 1.807) is 0 Å². The van der Waals surface area contributed by atoms with E-state index in [1.165, 1.54) is 25.2 Å². The van der Waals surface area contributed by atoms with E-state index < -0.39 is 0 Å². The summed E-state index contributed by atoms with van der Waals surface area (Å²) in [5, 5.41) is 0.